The van der Waals surface area contributed by atoms with Gasteiger partial charge in [-0.25, -0.2) is 0 Å². The topological polar surface area (TPSA) is 186 Å². The van der Waals surface area contributed by atoms with Gasteiger partial charge in [0.1, 0.15) is 0 Å². The van der Waals surface area contributed by atoms with Crippen LogP contribution in [0.4, 0.5) is 0 Å². The van der Waals surface area contributed by atoms with E-state index in [2.05, 4.69) is 0 Å². The van der Waals surface area contributed by atoms with Gasteiger partial charge in [-0.3, -0.25) is 0 Å². The minimum Gasteiger partial charge on any atom is -0.870 e. The Kier molecular flexibility index (Phi) is 15900. The van der Waals surface area contributed by atoms with Crippen molar-refractivity contribution >= 4 is 0 Å². The molecule has 0 aromatic carbocycles. The van der Waals surface area contributed by atoms with Crippen LogP contribution in [0.5, 0.6) is 0 Å². The average molecular weight is 272 g/mol. The molecule has 0 aromatic rings. The Morgan fingerprint density at radius 1 is 0.444 bits per heavy atom. The van der Waals surface area contributed by atoms with Crippen LogP contribution in [0.3, 0.4) is 0 Å². The van der Waals surface area contributed by atoms with E-state index in [0.29, 0.717) is 0 Å². The third-order valence-electron chi connectivity index (χ3n) is 0. The quantitative estimate of drug-likeness (QED) is 0.411. The second-order valence-corrected chi connectivity index (χ2v) is 0. The van der Waals surface area contributed by atoms with Crippen molar-refractivity contribution < 1.29 is 87.0 Å². The minimum atomic E-state index is 0. The van der Waals surface area contributed by atoms with Gasteiger partial charge in [0.15, 0.2) is 0 Å². The Morgan fingerprint density at radius 2 is 0.444 bits per heavy atom. The normalized spacial score (nSPS) is 0. The zero-order valence-corrected chi connectivity index (χ0v) is 7.83. The van der Waals surface area contributed by atoms with Crippen molar-refractivity contribution in [2.24, 2.45) is 0 Å². The third-order valence-corrected chi connectivity index (χ3v) is 0. The van der Waals surface area contributed by atoms with Crippen LogP contribution in [0.15, 0.2) is 0 Å². The van der Waals surface area contributed by atoms with Crippen molar-refractivity contribution in [1.29, 1.82) is 0 Å². The van der Waals surface area contributed by atoms with Gasteiger partial charge >= 0.3 is 17.1 Å². The molecule has 0 spiro atoms. The molecule has 0 aromatic heterocycles. The van der Waals surface area contributed by atoms with Gasteiger partial charge in [0.25, 0.3) is 0 Å². The summed E-state index contributed by atoms with van der Waals surface area (Å²) in [7, 11) is 0. The van der Waals surface area contributed by atoms with E-state index < -0.39 is 0 Å². The van der Waals surface area contributed by atoms with Crippen LogP contribution in [0.1, 0.15) is 0 Å². The molecule has 0 aliphatic heterocycles. The summed E-state index contributed by atoms with van der Waals surface area (Å²) in [6, 6.07) is 0. The van der Waals surface area contributed by atoms with E-state index in [9.17, 15) is 0 Å². The second-order valence-electron chi connectivity index (χ2n) is 0. The van der Waals surface area contributed by atoms with Gasteiger partial charge in [-0.2, -0.15) is 0 Å². The van der Waals surface area contributed by atoms with Gasteiger partial charge in [-0.05, 0) is 0 Å². The Bertz CT molecular complexity index is 11.0. The zero-order valence-electron chi connectivity index (χ0n) is 4.09. The van der Waals surface area contributed by atoms with Gasteiger partial charge in [-0.1, -0.05) is 0 Å². The third kappa shape index (κ3) is 250. The summed E-state index contributed by atoms with van der Waals surface area (Å²) >= 11 is 0. The summed E-state index contributed by atoms with van der Waals surface area (Å²) in [6.07, 6.45) is 0. The first-order chi connectivity index (χ1) is 0. The summed E-state index contributed by atoms with van der Waals surface area (Å²) in [5.74, 6) is 0. The van der Waals surface area contributed by atoms with Crippen LogP contribution in [0.2, 0.25) is 0 Å². The first-order valence-electron chi connectivity index (χ1n) is 0. The number of hydrogen-bond acceptors (Lipinski definition) is 2. The monoisotopic (exact) mass is 271 g/mol. The van der Waals surface area contributed by atoms with Crippen LogP contribution in [0.25, 0.3) is 0 Å². The first kappa shape index (κ1) is 445. The van der Waals surface area contributed by atoms with Gasteiger partial charge in [0, 0.05) is 37.1 Å². The fraction of sp³-hybridized carbons (Fsp3) is 0. The molecular formula is H10CuO6V2. The van der Waals surface area contributed by atoms with Crippen molar-refractivity contribution in [1.82, 2.24) is 0 Å². The van der Waals surface area contributed by atoms with Gasteiger partial charge < -0.3 is 32.9 Å². The Labute approximate surface area is 86.9 Å². The Balaban J connectivity index is 0. The number of rotatable bonds is 0. The molecular weight excluding hydrogens is 261 g/mol. The molecule has 9 heavy (non-hydrogen) atoms. The molecule has 0 heterocycles. The van der Waals surface area contributed by atoms with Crippen molar-refractivity contribution in [3.05, 3.63) is 0 Å². The predicted molar refractivity (Wildman–Crippen MR) is 18.3 cm³/mol. The Hall–Kier alpha value is 1.45. The molecule has 0 fully saturated rings. The van der Waals surface area contributed by atoms with Crippen LogP contribution >= 0.6 is 0 Å². The predicted octanol–water partition coefficient (Wildman–Crippen LogP) is -3.66. The van der Waals surface area contributed by atoms with Crippen LogP contribution in [0, 0.1) is 0 Å². The van der Waals surface area contributed by atoms with E-state index >= 15 is 0 Å². The maximum Gasteiger partial charge on any atom is 2.00 e. The summed E-state index contributed by atoms with van der Waals surface area (Å²) in [5.41, 5.74) is 0. The second kappa shape index (κ2) is 321. The largest absolute Gasteiger partial charge is 2.00 e. The maximum atomic E-state index is 0. The van der Waals surface area contributed by atoms with Crippen molar-refractivity contribution in [3.63, 3.8) is 0 Å². The molecule has 10 N–H and O–H groups in total. The van der Waals surface area contributed by atoms with Gasteiger partial charge in [0.05, 0.1) is 0 Å². The minimum absolute atomic E-state index is 0. The number of hydrogen-bond donors (Lipinski definition) is 0. The molecule has 0 aliphatic carbocycles. The molecule has 6 nitrogen and oxygen atoms in total. The molecule has 9 heteroatoms. The molecule has 67 valence electrons. The Morgan fingerprint density at radius 3 is 0.444 bits per heavy atom. The molecule has 0 bridgehead atoms. The van der Waals surface area contributed by atoms with Crippen LogP contribution in [-0.2, 0) is 54.2 Å². The standard InChI is InChI=1S/Cu.6H2O.2V/h;6*1H2;;/q+2;;;;;;;;/p-2. The molecule has 0 saturated heterocycles. The molecule has 0 atom stereocenters. The van der Waals surface area contributed by atoms with Crippen LogP contribution in [-0.4, -0.2) is 32.9 Å². The van der Waals surface area contributed by atoms with Crippen molar-refractivity contribution in [3.8, 4) is 0 Å². The fourth-order valence-electron chi connectivity index (χ4n) is 0. The zero-order chi connectivity index (χ0) is 0. The van der Waals surface area contributed by atoms with Crippen molar-refractivity contribution in [2.45, 2.75) is 0 Å². The van der Waals surface area contributed by atoms with Gasteiger partial charge in [0.2, 0.25) is 0 Å². The summed E-state index contributed by atoms with van der Waals surface area (Å²) < 4.78 is 0. The fourth-order valence-corrected chi connectivity index (χ4v) is 0. The van der Waals surface area contributed by atoms with E-state index in [4.69, 9.17) is 0 Å². The maximum absolute atomic E-state index is 0. The molecule has 0 saturated carbocycles. The molecule has 0 unspecified atom stereocenters. The summed E-state index contributed by atoms with van der Waals surface area (Å²) in [4.78, 5) is 0. The average Bonchev–Trinajstić information content (AvgIpc) is 0. The van der Waals surface area contributed by atoms with E-state index in [0.717, 1.165) is 0 Å². The molecule has 0 amide bonds. The first-order valence-corrected chi connectivity index (χ1v) is 0. The SMILES string of the molecule is O.O.O.O.[Cu+2].[OH-].[OH-].[V].[V]. The van der Waals surface area contributed by atoms with Gasteiger partial charge in [-0.15, -0.1) is 0 Å². The summed E-state index contributed by atoms with van der Waals surface area (Å²) in [5, 5.41) is 0. The van der Waals surface area contributed by atoms with E-state index in [1.807, 2.05) is 0 Å². The van der Waals surface area contributed by atoms with E-state index in [1.165, 1.54) is 0 Å². The summed E-state index contributed by atoms with van der Waals surface area (Å²) in [6.45, 7) is 0. The van der Waals surface area contributed by atoms with Crippen molar-refractivity contribution in [2.75, 3.05) is 0 Å². The van der Waals surface area contributed by atoms with E-state index in [-0.39, 0.29) is 87.0 Å². The smallest absolute Gasteiger partial charge is 0.870 e. The van der Waals surface area contributed by atoms with E-state index in [1.54, 1.807) is 0 Å². The molecule has 0 rings (SSSR count). The molecule has 0 aliphatic rings. The molecule has 3 radical (unpaired) electrons. The van der Waals surface area contributed by atoms with Crippen LogP contribution < -0.4 is 0 Å².